The van der Waals surface area contributed by atoms with Gasteiger partial charge in [-0.1, -0.05) is 0 Å². The van der Waals surface area contributed by atoms with Crippen LogP contribution in [0.5, 0.6) is 11.5 Å². The van der Waals surface area contributed by atoms with Gasteiger partial charge in [0.05, 0.1) is 0 Å². The van der Waals surface area contributed by atoms with Crippen LogP contribution >= 0.6 is 0 Å². The van der Waals surface area contributed by atoms with Gasteiger partial charge < -0.3 is 14.6 Å². The van der Waals surface area contributed by atoms with Crippen molar-refractivity contribution < 1.29 is 24.2 Å². The number of rotatable bonds is 3. The van der Waals surface area contributed by atoms with Crippen molar-refractivity contribution in [3.8, 4) is 11.5 Å². The summed E-state index contributed by atoms with van der Waals surface area (Å²) in [6.45, 7) is 3.24. The topological polar surface area (TPSA) is 72.8 Å². The normalized spacial score (nSPS) is 14.5. The molecule has 0 aliphatic carbocycles. The van der Waals surface area contributed by atoms with Crippen molar-refractivity contribution in [3.05, 3.63) is 23.3 Å². The summed E-state index contributed by atoms with van der Waals surface area (Å²) in [5.74, 6) is -1.55. The number of benzene rings is 1. The molecule has 2 rings (SSSR count). The summed E-state index contributed by atoms with van der Waals surface area (Å²) in [5.41, 5.74) is 1.05. The fourth-order valence-electron chi connectivity index (χ4n) is 1.65. The van der Waals surface area contributed by atoms with Gasteiger partial charge in [-0.15, -0.1) is 0 Å². The number of carboxylic acids is 1. The fraction of sp³-hybridized carbons (Fsp3) is 0.333. The number of carbonyl (C=O) groups excluding carboxylic acids is 1. The molecular formula is C12H12O5. The van der Waals surface area contributed by atoms with Gasteiger partial charge in [-0.05, 0) is 31.5 Å². The van der Waals surface area contributed by atoms with E-state index in [2.05, 4.69) is 0 Å². The van der Waals surface area contributed by atoms with Gasteiger partial charge in [0.15, 0.2) is 17.3 Å². The number of ketones is 1. The largest absolute Gasteiger partial charge is 0.481 e. The number of hydrogen-bond donors (Lipinski definition) is 1. The average molecular weight is 236 g/mol. The Bertz CT molecular complexity index is 492. The second kappa shape index (κ2) is 4.08. The zero-order chi connectivity index (χ0) is 12.6. The molecule has 90 valence electrons. The molecule has 1 aliphatic heterocycles. The Balaban J connectivity index is 2.39. The first-order valence-corrected chi connectivity index (χ1v) is 5.18. The summed E-state index contributed by atoms with van der Waals surface area (Å²) in [4.78, 5) is 22.7. The van der Waals surface area contributed by atoms with E-state index in [-0.39, 0.29) is 6.79 Å². The first-order valence-electron chi connectivity index (χ1n) is 5.18. The molecule has 0 amide bonds. The highest BCUT2D eigenvalue weighted by Gasteiger charge is 2.26. The van der Waals surface area contributed by atoms with E-state index in [4.69, 9.17) is 14.6 Å². The third kappa shape index (κ3) is 1.95. The highest BCUT2D eigenvalue weighted by atomic mass is 16.7. The SMILES string of the molecule is Cc1cc2c(cc1C(=O)C(C)C(=O)O)OCO2. The molecule has 5 nitrogen and oxygen atoms in total. The molecular weight excluding hydrogens is 224 g/mol. The Morgan fingerprint density at radius 2 is 1.88 bits per heavy atom. The van der Waals surface area contributed by atoms with E-state index >= 15 is 0 Å². The van der Waals surface area contributed by atoms with E-state index in [1.165, 1.54) is 6.92 Å². The lowest BCUT2D eigenvalue weighted by Crippen LogP contribution is -2.21. The minimum atomic E-state index is -1.13. The molecule has 1 aromatic carbocycles. The van der Waals surface area contributed by atoms with Crippen molar-refractivity contribution in [1.82, 2.24) is 0 Å². The number of aryl methyl sites for hydroxylation is 1. The van der Waals surface area contributed by atoms with Gasteiger partial charge in [0.25, 0.3) is 0 Å². The van der Waals surface area contributed by atoms with E-state index in [1.807, 2.05) is 0 Å². The molecule has 0 fully saturated rings. The van der Waals surface area contributed by atoms with Crippen LogP contribution in [-0.2, 0) is 4.79 Å². The first-order chi connectivity index (χ1) is 8.00. The van der Waals surface area contributed by atoms with Crippen LogP contribution < -0.4 is 9.47 Å². The van der Waals surface area contributed by atoms with E-state index in [1.54, 1.807) is 19.1 Å². The summed E-state index contributed by atoms with van der Waals surface area (Å²) in [7, 11) is 0. The van der Waals surface area contributed by atoms with Crippen molar-refractivity contribution in [2.75, 3.05) is 6.79 Å². The summed E-state index contributed by atoms with van der Waals surface area (Å²) in [6.07, 6.45) is 0. The Hall–Kier alpha value is -2.04. The molecule has 1 aromatic rings. The molecule has 0 bridgehead atoms. The maximum absolute atomic E-state index is 11.9. The monoisotopic (exact) mass is 236 g/mol. The Morgan fingerprint density at radius 1 is 1.29 bits per heavy atom. The lowest BCUT2D eigenvalue weighted by molar-refractivity contribution is -0.139. The van der Waals surface area contributed by atoms with Crippen LogP contribution in [0.2, 0.25) is 0 Å². The first kappa shape index (κ1) is 11.4. The predicted octanol–water partition coefficient (Wildman–Crippen LogP) is 1.63. The summed E-state index contributed by atoms with van der Waals surface area (Å²) in [5, 5.41) is 8.82. The molecule has 0 saturated heterocycles. The van der Waals surface area contributed by atoms with E-state index in [0.29, 0.717) is 22.6 Å². The van der Waals surface area contributed by atoms with E-state index in [0.717, 1.165) is 0 Å². The zero-order valence-electron chi connectivity index (χ0n) is 9.52. The molecule has 1 atom stereocenters. The molecule has 5 heteroatoms. The van der Waals surface area contributed by atoms with Crippen molar-refractivity contribution in [3.63, 3.8) is 0 Å². The van der Waals surface area contributed by atoms with Crippen LogP contribution in [0.25, 0.3) is 0 Å². The molecule has 0 radical (unpaired) electrons. The number of fused-ring (bicyclic) bond motifs is 1. The highest BCUT2D eigenvalue weighted by Crippen LogP contribution is 2.35. The molecule has 17 heavy (non-hydrogen) atoms. The third-order valence-corrected chi connectivity index (χ3v) is 2.75. The number of ether oxygens (including phenoxy) is 2. The van der Waals surface area contributed by atoms with Gasteiger partial charge >= 0.3 is 5.97 Å². The third-order valence-electron chi connectivity index (χ3n) is 2.75. The predicted molar refractivity (Wildman–Crippen MR) is 58.4 cm³/mol. The van der Waals surface area contributed by atoms with E-state index in [9.17, 15) is 9.59 Å². The molecule has 1 unspecified atom stereocenters. The zero-order valence-corrected chi connectivity index (χ0v) is 9.52. The van der Waals surface area contributed by atoms with Gasteiger partial charge in [0, 0.05) is 5.56 Å². The molecule has 0 saturated carbocycles. The standard InChI is InChI=1S/C12H12O5/c1-6-3-9-10(17-5-16-9)4-8(6)11(13)7(2)12(14)15/h3-4,7H,5H2,1-2H3,(H,14,15). The van der Waals surface area contributed by atoms with Crippen LogP contribution in [-0.4, -0.2) is 23.7 Å². The second-order valence-electron chi connectivity index (χ2n) is 3.94. The minimum absolute atomic E-state index is 0.126. The lowest BCUT2D eigenvalue weighted by atomic mass is 9.95. The average Bonchev–Trinajstić information content (AvgIpc) is 2.72. The fourth-order valence-corrected chi connectivity index (χ4v) is 1.65. The van der Waals surface area contributed by atoms with Crippen molar-refractivity contribution in [2.24, 2.45) is 5.92 Å². The maximum Gasteiger partial charge on any atom is 0.314 e. The molecule has 1 aliphatic rings. The number of carbonyl (C=O) groups is 2. The van der Waals surface area contributed by atoms with Crippen LogP contribution in [0.1, 0.15) is 22.8 Å². The number of Topliss-reactive ketones (excluding diaryl/α,β-unsaturated/α-hetero) is 1. The van der Waals surface area contributed by atoms with Crippen molar-refractivity contribution in [2.45, 2.75) is 13.8 Å². The summed E-state index contributed by atoms with van der Waals surface area (Å²) in [6, 6.07) is 3.23. The quantitative estimate of drug-likeness (QED) is 0.637. The van der Waals surface area contributed by atoms with Crippen LogP contribution in [0.4, 0.5) is 0 Å². The van der Waals surface area contributed by atoms with Crippen molar-refractivity contribution in [1.29, 1.82) is 0 Å². The summed E-state index contributed by atoms with van der Waals surface area (Å²) >= 11 is 0. The van der Waals surface area contributed by atoms with E-state index < -0.39 is 17.7 Å². The number of aliphatic carboxylic acids is 1. The lowest BCUT2D eigenvalue weighted by Gasteiger charge is -2.09. The van der Waals surface area contributed by atoms with Crippen LogP contribution in [0.15, 0.2) is 12.1 Å². The van der Waals surface area contributed by atoms with Gasteiger partial charge in [0.2, 0.25) is 6.79 Å². The Morgan fingerprint density at radius 3 is 2.47 bits per heavy atom. The highest BCUT2D eigenvalue weighted by molar-refractivity contribution is 6.09. The Kier molecular flexibility index (Phi) is 2.75. The molecule has 0 aromatic heterocycles. The smallest absolute Gasteiger partial charge is 0.314 e. The molecule has 1 N–H and O–H groups in total. The number of carboxylic acid groups (broad SMARTS) is 1. The molecule has 0 spiro atoms. The number of hydrogen-bond acceptors (Lipinski definition) is 4. The molecule has 1 heterocycles. The van der Waals surface area contributed by atoms with Gasteiger partial charge in [-0.3, -0.25) is 9.59 Å². The van der Waals surface area contributed by atoms with Crippen molar-refractivity contribution >= 4 is 11.8 Å². The maximum atomic E-state index is 11.9. The van der Waals surface area contributed by atoms with Crippen LogP contribution in [0, 0.1) is 12.8 Å². The van der Waals surface area contributed by atoms with Gasteiger partial charge in [-0.2, -0.15) is 0 Å². The van der Waals surface area contributed by atoms with Crippen LogP contribution in [0.3, 0.4) is 0 Å². The minimum Gasteiger partial charge on any atom is -0.481 e. The second-order valence-corrected chi connectivity index (χ2v) is 3.94. The summed E-state index contributed by atoms with van der Waals surface area (Å²) < 4.78 is 10.3. The van der Waals surface area contributed by atoms with Gasteiger partial charge in [-0.25, -0.2) is 0 Å². The Labute approximate surface area is 98.0 Å². The van der Waals surface area contributed by atoms with Gasteiger partial charge in [0.1, 0.15) is 5.92 Å².